The van der Waals surface area contributed by atoms with Crippen molar-refractivity contribution in [3.63, 3.8) is 0 Å². The molecule has 4 nitrogen and oxygen atoms in total. The Morgan fingerprint density at radius 1 is 0.929 bits per heavy atom. The summed E-state index contributed by atoms with van der Waals surface area (Å²) in [6.45, 7) is 0.102. The van der Waals surface area contributed by atoms with E-state index in [1.54, 1.807) is 30.3 Å². The maximum absolute atomic E-state index is 12.1. The van der Waals surface area contributed by atoms with E-state index in [-0.39, 0.29) is 6.61 Å². The normalized spacial score (nSPS) is 11.6. The summed E-state index contributed by atoms with van der Waals surface area (Å²) in [5.74, 6) is -1.10. The van der Waals surface area contributed by atoms with Crippen molar-refractivity contribution in [2.45, 2.75) is 11.9 Å². The third kappa shape index (κ3) is 5.15. The van der Waals surface area contributed by atoms with Crippen LogP contribution in [0.2, 0.25) is 5.02 Å². The van der Waals surface area contributed by atoms with Crippen molar-refractivity contribution in [3.05, 3.63) is 95.0 Å². The molecule has 0 heterocycles. The van der Waals surface area contributed by atoms with Crippen LogP contribution in [-0.4, -0.2) is 16.4 Å². The van der Waals surface area contributed by atoms with E-state index >= 15 is 0 Å². The van der Waals surface area contributed by atoms with Crippen molar-refractivity contribution in [3.8, 4) is 11.1 Å². The molecule has 0 aliphatic carbocycles. The summed E-state index contributed by atoms with van der Waals surface area (Å²) < 4.78 is 5.18. The number of carbonyl (C=O) groups excluding carboxylic acids is 1. The highest BCUT2D eigenvalue weighted by molar-refractivity contribution is 8.14. The van der Waals surface area contributed by atoms with Gasteiger partial charge in [-0.1, -0.05) is 84.4 Å². The highest BCUT2D eigenvalue weighted by Gasteiger charge is 2.25. The third-order valence-electron chi connectivity index (χ3n) is 4.04. The van der Waals surface area contributed by atoms with Gasteiger partial charge in [0, 0.05) is 10.6 Å². The molecule has 3 aromatic rings. The maximum atomic E-state index is 12.1. The van der Waals surface area contributed by atoms with Crippen LogP contribution < -0.4 is 0 Å². The fraction of sp³-hybridized carbons (Fsp3) is 0.0909. The van der Waals surface area contributed by atoms with Gasteiger partial charge < -0.3 is 9.84 Å². The Hall–Kier alpha value is -2.76. The molecule has 0 spiro atoms. The van der Waals surface area contributed by atoms with Crippen LogP contribution in [0, 0.1) is 0 Å². The van der Waals surface area contributed by atoms with Gasteiger partial charge in [0.25, 0.3) is 0 Å². The fourth-order valence-electron chi connectivity index (χ4n) is 2.64. The van der Waals surface area contributed by atoms with Crippen molar-refractivity contribution in [1.29, 1.82) is 0 Å². The minimum Gasteiger partial charge on any atom is -0.480 e. The first kappa shape index (κ1) is 20.0. The summed E-state index contributed by atoms with van der Waals surface area (Å²) in [5, 5.41) is 8.47. The van der Waals surface area contributed by atoms with Gasteiger partial charge in [0.05, 0.1) is 0 Å². The van der Waals surface area contributed by atoms with Crippen LogP contribution in [0.1, 0.15) is 16.4 Å². The van der Waals surface area contributed by atoms with Crippen LogP contribution in [0.25, 0.3) is 11.1 Å². The molecular weight excluding hydrogens is 396 g/mol. The van der Waals surface area contributed by atoms with Crippen LogP contribution in [0.15, 0.2) is 78.9 Å². The summed E-state index contributed by atoms with van der Waals surface area (Å²) in [4.78, 5) is 23.8. The zero-order chi connectivity index (χ0) is 19.9. The van der Waals surface area contributed by atoms with Gasteiger partial charge in [0.15, 0.2) is 0 Å². The second-order valence-corrected chi connectivity index (χ2v) is 7.41. The quantitative estimate of drug-likeness (QED) is 0.488. The maximum Gasteiger partial charge on any atom is 0.368 e. The second-order valence-electron chi connectivity index (χ2n) is 5.96. The molecule has 3 rings (SSSR count). The number of rotatable bonds is 6. The van der Waals surface area contributed by atoms with E-state index in [9.17, 15) is 14.7 Å². The molecule has 28 heavy (non-hydrogen) atoms. The number of ether oxygens (including phenoxy) is 1. The average Bonchev–Trinajstić information content (AvgIpc) is 2.72. The molecule has 1 unspecified atom stereocenters. The summed E-state index contributed by atoms with van der Waals surface area (Å²) >= 11 is 6.85. The lowest BCUT2D eigenvalue weighted by molar-refractivity contribution is -0.136. The van der Waals surface area contributed by atoms with E-state index in [1.807, 2.05) is 48.5 Å². The summed E-state index contributed by atoms with van der Waals surface area (Å²) in [6.07, 6.45) is 0. The van der Waals surface area contributed by atoms with Crippen molar-refractivity contribution >= 4 is 34.6 Å². The third-order valence-corrected chi connectivity index (χ3v) is 5.39. The smallest absolute Gasteiger partial charge is 0.368 e. The molecule has 0 saturated heterocycles. The number of benzene rings is 3. The Bertz CT molecular complexity index is 958. The highest BCUT2D eigenvalue weighted by atomic mass is 35.5. The molecule has 0 bridgehead atoms. The Balaban J connectivity index is 1.69. The SMILES string of the molecule is O=C(OCc1ccccc1)SC(C(=O)O)c1ccc(-c2ccccc2Cl)cc1. The standard InChI is InChI=1S/C22H17ClO4S/c23-19-9-5-4-8-18(19)16-10-12-17(13-11-16)20(21(24)25)28-22(26)27-14-15-6-2-1-3-7-15/h1-13,20H,14H2,(H,24,25). The summed E-state index contributed by atoms with van der Waals surface area (Å²) in [5.41, 5.74) is 3.07. The lowest BCUT2D eigenvalue weighted by Gasteiger charge is -2.13. The van der Waals surface area contributed by atoms with Crippen LogP contribution in [0.5, 0.6) is 0 Å². The Morgan fingerprint density at radius 2 is 1.57 bits per heavy atom. The van der Waals surface area contributed by atoms with Crippen LogP contribution >= 0.6 is 23.4 Å². The number of carboxylic acid groups (broad SMARTS) is 1. The largest absolute Gasteiger partial charge is 0.480 e. The number of hydrogen-bond acceptors (Lipinski definition) is 4. The minimum atomic E-state index is -1.10. The monoisotopic (exact) mass is 412 g/mol. The molecule has 0 aliphatic heterocycles. The Morgan fingerprint density at radius 3 is 2.21 bits per heavy atom. The van der Waals surface area contributed by atoms with Gasteiger partial charge in [-0.2, -0.15) is 0 Å². The molecule has 1 N–H and O–H groups in total. The fourth-order valence-corrected chi connectivity index (χ4v) is 3.60. The molecule has 6 heteroatoms. The van der Waals surface area contributed by atoms with Gasteiger partial charge in [-0.3, -0.25) is 4.79 Å². The Kier molecular flexibility index (Phi) is 6.74. The number of thioether (sulfide) groups is 1. The second kappa shape index (κ2) is 9.44. The van der Waals surface area contributed by atoms with E-state index < -0.39 is 16.5 Å². The topological polar surface area (TPSA) is 63.6 Å². The van der Waals surface area contributed by atoms with Gasteiger partial charge in [-0.25, -0.2) is 4.79 Å². The molecule has 0 saturated carbocycles. The molecular formula is C22H17ClO4S. The molecule has 1 atom stereocenters. The molecule has 142 valence electrons. The van der Waals surface area contributed by atoms with Gasteiger partial charge in [-0.15, -0.1) is 0 Å². The number of carboxylic acids is 1. The first-order chi connectivity index (χ1) is 13.5. The molecule has 0 aromatic heterocycles. The van der Waals surface area contributed by atoms with Crippen LogP contribution in [0.3, 0.4) is 0 Å². The molecule has 3 aromatic carbocycles. The van der Waals surface area contributed by atoms with E-state index in [0.29, 0.717) is 22.3 Å². The van der Waals surface area contributed by atoms with E-state index in [0.717, 1.165) is 16.7 Å². The van der Waals surface area contributed by atoms with Gasteiger partial charge in [0.1, 0.15) is 11.9 Å². The van der Waals surface area contributed by atoms with Gasteiger partial charge in [0.2, 0.25) is 0 Å². The van der Waals surface area contributed by atoms with Crippen molar-refractivity contribution < 1.29 is 19.4 Å². The van der Waals surface area contributed by atoms with Crippen LogP contribution in [-0.2, 0) is 16.1 Å². The number of carbonyl (C=O) groups is 2. The lowest BCUT2D eigenvalue weighted by Crippen LogP contribution is -2.11. The zero-order valence-electron chi connectivity index (χ0n) is 14.7. The first-order valence-corrected chi connectivity index (χ1v) is 9.75. The lowest BCUT2D eigenvalue weighted by atomic mass is 10.0. The summed E-state index contributed by atoms with van der Waals surface area (Å²) in [6, 6.07) is 23.6. The zero-order valence-corrected chi connectivity index (χ0v) is 16.3. The summed E-state index contributed by atoms with van der Waals surface area (Å²) in [7, 11) is 0. The predicted molar refractivity (Wildman–Crippen MR) is 111 cm³/mol. The van der Waals surface area contributed by atoms with E-state index in [4.69, 9.17) is 16.3 Å². The van der Waals surface area contributed by atoms with Crippen molar-refractivity contribution in [2.24, 2.45) is 0 Å². The van der Waals surface area contributed by atoms with Crippen molar-refractivity contribution in [2.75, 3.05) is 0 Å². The van der Waals surface area contributed by atoms with E-state index in [1.165, 1.54) is 0 Å². The minimum absolute atomic E-state index is 0.102. The van der Waals surface area contributed by atoms with Crippen LogP contribution in [0.4, 0.5) is 4.79 Å². The van der Waals surface area contributed by atoms with Gasteiger partial charge >= 0.3 is 11.3 Å². The van der Waals surface area contributed by atoms with Crippen molar-refractivity contribution in [1.82, 2.24) is 0 Å². The number of halogens is 1. The number of hydrogen-bond donors (Lipinski definition) is 1. The first-order valence-electron chi connectivity index (χ1n) is 8.49. The van der Waals surface area contributed by atoms with E-state index in [2.05, 4.69) is 0 Å². The Labute approximate surface area is 172 Å². The highest BCUT2D eigenvalue weighted by Crippen LogP contribution is 2.33. The molecule has 0 aliphatic rings. The average molecular weight is 413 g/mol. The molecule has 0 fully saturated rings. The molecule has 0 amide bonds. The predicted octanol–water partition coefficient (Wildman–Crippen LogP) is 6.20. The number of aliphatic carboxylic acids is 1. The molecule has 0 radical (unpaired) electrons. The van der Waals surface area contributed by atoms with Gasteiger partial charge in [-0.05, 0) is 34.5 Å².